The van der Waals surface area contributed by atoms with E-state index >= 15 is 0 Å². The summed E-state index contributed by atoms with van der Waals surface area (Å²) in [4.78, 5) is 4.20. The van der Waals surface area contributed by atoms with Crippen molar-refractivity contribution in [3.8, 4) is 11.4 Å². The molecule has 5 heteroatoms. The van der Waals surface area contributed by atoms with E-state index in [-0.39, 0.29) is 0 Å². The van der Waals surface area contributed by atoms with Crippen molar-refractivity contribution < 1.29 is 4.74 Å². The molecule has 0 amide bonds. The first-order valence-corrected chi connectivity index (χ1v) is 6.60. The van der Waals surface area contributed by atoms with Gasteiger partial charge in [-0.2, -0.15) is 0 Å². The molecule has 0 unspecified atom stereocenters. The van der Waals surface area contributed by atoms with Crippen LogP contribution in [0, 0.1) is 0 Å². The number of rotatable bonds is 5. The first-order chi connectivity index (χ1) is 8.74. The van der Waals surface area contributed by atoms with Crippen LogP contribution in [0.1, 0.15) is 12.6 Å². The molecule has 1 N–H and O–H groups in total. The molecule has 0 aliphatic carbocycles. The lowest BCUT2D eigenvalue weighted by Crippen LogP contribution is -2.14. The second-order valence-corrected chi connectivity index (χ2v) is 4.80. The van der Waals surface area contributed by atoms with E-state index in [9.17, 15) is 0 Å². The number of hydrogen-bond donors (Lipinski definition) is 1. The van der Waals surface area contributed by atoms with Crippen molar-refractivity contribution in [1.82, 2.24) is 14.9 Å². The number of halogens is 1. The van der Waals surface area contributed by atoms with Crippen LogP contribution in [-0.2, 0) is 6.54 Å². The van der Waals surface area contributed by atoms with Gasteiger partial charge in [-0.3, -0.25) is 0 Å². The quantitative estimate of drug-likeness (QED) is 0.923. The minimum absolute atomic E-state index is 0.797. The van der Waals surface area contributed by atoms with Crippen molar-refractivity contribution in [2.45, 2.75) is 13.5 Å². The molecule has 0 saturated carbocycles. The van der Waals surface area contributed by atoms with E-state index in [1.54, 1.807) is 7.11 Å². The number of aromatic nitrogens is 2. The summed E-state index contributed by atoms with van der Waals surface area (Å²) in [5, 5.41) is 3.30. The number of benzene rings is 1. The van der Waals surface area contributed by atoms with E-state index in [1.807, 2.05) is 30.7 Å². The lowest BCUT2D eigenvalue weighted by molar-refractivity contribution is 0.414. The molecule has 96 valence electrons. The van der Waals surface area contributed by atoms with Crippen LogP contribution in [0.5, 0.6) is 5.75 Å². The fraction of sp³-hybridized carbons (Fsp3) is 0.308. The zero-order chi connectivity index (χ0) is 13.0. The van der Waals surface area contributed by atoms with Crippen molar-refractivity contribution in [2.24, 2.45) is 0 Å². The summed E-state index contributed by atoms with van der Waals surface area (Å²) in [6, 6.07) is 5.96. The molecule has 18 heavy (non-hydrogen) atoms. The van der Waals surface area contributed by atoms with Gasteiger partial charge in [-0.1, -0.05) is 22.9 Å². The van der Waals surface area contributed by atoms with Crippen LogP contribution in [0.3, 0.4) is 0 Å². The van der Waals surface area contributed by atoms with E-state index in [0.29, 0.717) is 0 Å². The predicted octanol–water partition coefficient (Wildman–Crippen LogP) is 2.75. The van der Waals surface area contributed by atoms with Crippen LogP contribution in [0.15, 0.2) is 35.2 Å². The molecule has 1 heterocycles. The van der Waals surface area contributed by atoms with Gasteiger partial charge in [0.1, 0.15) is 5.75 Å². The Bertz CT molecular complexity index is 525. The predicted molar refractivity (Wildman–Crippen MR) is 75.2 cm³/mol. The third kappa shape index (κ3) is 2.91. The third-order valence-electron chi connectivity index (χ3n) is 2.64. The van der Waals surface area contributed by atoms with E-state index in [4.69, 9.17) is 4.74 Å². The highest BCUT2D eigenvalue weighted by atomic mass is 79.9. The van der Waals surface area contributed by atoms with Crippen molar-refractivity contribution in [1.29, 1.82) is 0 Å². The van der Waals surface area contributed by atoms with Crippen molar-refractivity contribution in [3.05, 3.63) is 40.9 Å². The first kappa shape index (κ1) is 13.1. The van der Waals surface area contributed by atoms with Gasteiger partial charge in [0, 0.05) is 23.3 Å². The van der Waals surface area contributed by atoms with Gasteiger partial charge < -0.3 is 14.6 Å². The van der Waals surface area contributed by atoms with Crippen LogP contribution in [0.2, 0.25) is 0 Å². The normalized spacial score (nSPS) is 10.6. The van der Waals surface area contributed by atoms with Gasteiger partial charge in [0.25, 0.3) is 0 Å². The fourth-order valence-electron chi connectivity index (χ4n) is 1.74. The molecule has 0 bridgehead atoms. The van der Waals surface area contributed by atoms with Crippen LogP contribution >= 0.6 is 15.9 Å². The molecule has 0 fully saturated rings. The number of nitrogens with zero attached hydrogens (tertiary/aromatic N) is 2. The van der Waals surface area contributed by atoms with Crippen LogP contribution in [-0.4, -0.2) is 23.2 Å². The Morgan fingerprint density at radius 2 is 2.22 bits per heavy atom. The molecule has 4 nitrogen and oxygen atoms in total. The fourth-order valence-corrected chi connectivity index (χ4v) is 2.20. The highest BCUT2D eigenvalue weighted by molar-refractivity contribution is 9.10. The summed E-state index contributed by atoms with van der Waals surface area (Å²) < 4.78 is 8.31. The summed E-state index contributed by atoms with van der Waals surface area (Å²) in [5.41, 5.74) is 2.16. The lowest BCUT2D eigenvalue weighted by atomic mass is 10.3. The maximum atomic E-state index is 5.28. The van der Waals surface area contributed by atoms with E-state index in [2.05, 4.69) is 37.7 Å². The van der Waals surface area contributed by atoms with Gasteiger partial charge in [0.2, 0.25) is 0 Å². The number of imidazole rings is 1. The summed E-state index contributed by atoms with van der Waals surface area (Å²) in [6.07, 6.45) is 3.68. The average Bonchev–Trinajstić information content (AvgIpc) is 2.83. The van der Waals surface area contributed by atoms with Gasteiger partial charge in [0.15, 0.2) is 0 Å². The molecule has 0 radical (unpaired) electrons. The minimum atomic E-state index is 0.797. The monoisotopic (exact) mass is 309 g/mol. The van der Waals surface area contributed by atoms with E-state index < -0.39 is 0 Å². The Labute approximate surface area is 115 Å². The highest BCUT2D eigenvalue weighted by Gasteiger charge is 2.06. The lowest BCUT2D eigenvalue weighted by Gasteiger charge is -2.10. The molecule has 2 aromatic rings. The number of ether oxygens (including phenoxy) is 1. The second kappa shape index (κ2) is 6.02. The van der Waals surface area contributed by atoms with Crippen molar-refractivity contribution in [2.75, 3.05) is 13.7 Å². The van der Waals surface area contributed by atoms with Gasteiger partial charge in [-0.25, -0.2) is 4.98 Å². The maximum Gasteiger partial charge on any atom is 0.122 e. The van der Waals surface area contributed by atoms with E-state index in [1.165, 1.54) is 0 Å². The van der Waals surface area contributed by atoms with Crippen molar-refractivity contribution in [3.63, 3.8) is 0 Å². The standard InChI is InChI=1S/C13H16BrN3O/c1-3-15-7-12-8-16-9-17(12)11-4-10(14)5-13(6-11)18-2/h4-6,8-9,15H,3,7H2,1-2H3. The third-order valence-corrected chi connectivity index (χ3v) is 3.10. The zero-order valence-corrected chi connectivity index (χ0v) is 12.1. The largest absolute Gasteiger partial charge is 0.497 e. The molecular formula is C13H16BrN3O. The average molecular weight is 310 g/mol. The second-order valence-electron chi connectivity index (χ2n) is 3.88. The Morgan fingerprint density at radius 3 is 2.94 bits per heavy atom. The van der Waals surface area contributed by atoms with Crippen LogP contribution in [0.25, 0.3) is 5.69 Å². The molecule has 1 aromatic heterocycles. The first-order valence-electron chi connectivity index (χ1n) is 5.81. The molecule has 0 aliphatic rings. The minimum Gasteiger partial charge on any atom is -0.497 e. The summed E-state index contributed by atoms with van der Waals surface area (Å²) in [6.45, 7) is 3.82. The Kier molecular flexibility index (Phi) is 4.38. The highest BCUT2D eigenvalue weighted by Crippen LogP contribution is 2.24. The molecule has 0 spiro atoms. The number of hydrogen-bond acceptors (Lipinski definition) is 3. The summed E-state index contributed by atoms with van der Waals surface area (Å²) in [5.74, 6) is 0.822. The molecular weight excluding hydrogens is 294 g/mol. The van der Waals surface area contributed by atoms with Crippen LogP contribution < -0.4 is 10.1 Å². The van der Waals surface area contributed by atoms with Gasteiger partial charge in [0.05, 0.1) is 24.8 Å². The summed E-state index contributed by atoms with van der Waals surface area (Å²) in [7, 11) is 1.67. The van der Waals surface area contributed by atoms with Gasteiger partial charge in [-0.05, 0) is 18.7 Å². The van der Waals surface area contributed by atoms with Crippen molar-refractivity contribution >= 4 is 15.9 Å². The molecule has 0 aliphatic heterocycles. The molecule has 0 atom stereocenters. The Balaban J connectivity index is 2.36. The topological polar surface area (TPSA) is 39.1 Å². The smallest absolute Gasteiger partial charge is 0.122 e. The zero-order valence-electron chi connectivity index (χ0n) is 10.5. The van der Waals surface area contributed by atoms with E-state index in [0.717, 1.165) is 34.7 Å². The Hall–Kier alpha value is -1.33. The molecule has 2 rings (SSSR count). The number of methoxy groups -OCH3 is 1. The number of nitrogens with one attached hydrogen (secondary N) is 1. The van der Waals surface area contributed by atoms with Crippen LogP contribution in [0.4, 0.5) is 0 Å². The van der Waals surface area contributed by atoms with Gasteiger partial charge >= 0.3 is 0 Å². The Morgan fingerprint density at radius 1 is 1.39 bits per heavy atom. The SMILES string of the molecule is CCNCc1cncn1-c1cc(Br)cc(OC)c1. The molecule has 1 aromatic carbocycles. The summed E-state index contributed by atoms with van der Waals surface area (Å²) >= 11 is 3.49. The maximum absolute atomic E-state index is 5.28. The molecule has 0 saturated heterocycles. The van der Waals surface area contributed by atoms with Gasteiger partial charge in [-0.15, -0.1) is 0 Å².